The van der Waals surface area contributed by atoms with Crippen molar-refractivity contribution in [2.75, 3.05) is 6.61 Å². The van der Waals surface area contributed by atoms with E-state index in [0.717, 1.165) is 18.8 Å². The molecule has 13 heavy (non-hydrogen) atoms. The van der Waals surface area contributed by atoms with Crippen molar-refractivity contribution < 1.29 is 4.74 Å². The van der Waals surface area contributed by atoms with E-state index < -0.39 is 0 Å². The summed E-state index contributed by atoms with van der Waals surface area (Å²) in [6.07, 6.45) is 0.979. The van der Waals surface area contributed by atoms with E-state index >= 15 is 0 Å². The van der Waals surface area contributed by atoms with E-state index in [-0.39, 0.29) is 0 Å². The summed E-state index contributed by atoms with van der Waals surface area (Å²) in [5.74, 6) is 0.937. The summed E-state index contributed by atoms with van der Waals surface area (Å²) in [7, 11) is 0. The van der Waals surface area contributed by atoms with Crippen LogP contribution in [0, 0.1) is 0 Å². The Labute approximate surface area is 95.7 Å². The smallest absolute Gasteiger partial charge is 0.119 e. The van der Waals surface area contributed by atoms with Gasteiger partial charge in [-0.15, -0.1) is 0 Å². The van der Waals surface area contributed by atoms with Crippen molar-refractivity contribution in [2.24, 2.45) is 0 Å². The normalized spacial score (nSPS) is 10.5. The standard InChI is InChI=1S/C10H12Br2O/c1-2-13-9-5-3-8(4-6-9)7-10(11)12/h3-6,10H,2,7H2,1H3. The third-order valence-electron chi connectivity index (χ3n) is 1.62. The summed E-state index contributed by atoms with van der Waals surface area (Å²) in [4.78, 5) is 0. The second-order valence-electron chi connectivity index (χ2n) is 2.67. The Bertz CT molecular complexity index is 244. The summed E-state index contributed by atoms with van der Waals surface area (Å²) in [5, 5.41) is 0. The molecule has 1 rings (SSSR count). The molecule has 1 aromatic rings. The zero-order chi connectivity index (χ0) is 9.68. The fourth-order valence-electron chi connectivity index (χ4n) is 1.07. The van der Waals surface area contributed by atoms with Gasteiger partial charge in [-0.25, -0.2) is 0 Å². The maximum Gasteiger partial charge on any atom is 0.119 e. The van der Waals surface area contributed by atoms with Gasteiger partial charge in [-0.1, -0.05) is 44.0 Å². The van der Waals surface area contributed by atoms with E-state index in [1.807, 2.05) is 19.1 Å². The Morgan fingerprint density at radius 2 is 1.85 bits per heavy atom. The molecule has 0 fully saturated rings. The van der Waals surface area contributed by atoms with Crippen LogP contribution >= 0.6 is 31.9 Å². The lowest BCUT2D eigenvalue weighted by Crippen LogP contribution is -1.94. The molecule has 0 amide bonds. The van der Waals surface area contributed by atoms with E-state index in [9.17, 15) is 0 Å². The summed E-state index contributed by atoms with van der Waals surface area (Å²) in [6.45, 7) is 2.71. The topological polar surface area (TPSA) is 9.23 Å². The van der Waals surface area contributed by atoms with Gasteiger partial charge in [0, 0.05) is 0 Å². The summed E-state index contributed by atoms with van der Waals surface area (Å²) in [5.41, 5.74) is 1.29. The number of alkyl halides is 2. The largest absolute Gasteiger partial charge is 0.494 e. The van der Waals surface area contributed by atoms with Crippen molar-refractivity contribution in [1.82, 2.24) is 0 Å². The van der Waals surface area contributed by atoms with Crippen molar-refractivity contribution in [2.45, 2.75) is 17.1 Å². The molecule has 0 aromatic heterocycles. The Morgan fingerprint density at radius 3 is 2.31 bits per heavy atom. The summed E-state index contributed by atoms with van der Waals surface area (Å²) < 4.78 is 5.69. The molecule has 0 heterocycles. The molecule has 1 nitrogen and oxygen atoms in total. The number of ether oxygens (including phenoxy) is 1. The van der Waals surface area contributed by atoms with Crippen LogP contribution in [0.1, 0.15) is 12.5 Å². The van der Waals surface area contributed by atoms with Crippen LogP contribution in [0.15, 0.2) is 24.3 Å². The highest BCUT2D eigenvalue weighted by atomic mass is 79.9. The minimum Gasteiger partial charge on any atom is -0.494 e. The highest BCUT2D eigenvalue weighted by Crippen LogP contribution is 2.18. The maximum atomic E-state index is 5.34. The third kappa shape index (κ3) is 4.14. The molecule has 0 atom stereocenters. The quantitative estimate of drug-likeness (QED) is 0.770. The number of halogens is 2. The van der Waals surface area contributed by atoms with Gasteiger partial charge in [0.15, 0.2) is 0 Å². The molecule has 0 saturated heterocycles. The predicted molar refractivity (Wildman–Crippen MR) is 63.0 cm³/mol. The van der Waals surface area contributed by atoms with Crippen LogP contribution in [0.3, 0.4) is 0 Å². The van der Waals surface area contributed by atoms with Gasteiger partial charge in [0.2, 0.25) is 0 Å². The van der Waals surface area contributed by atoms with Gasteiger partial charge in [0.05, 0.1) is 10.3 Å². The molecule has 3 heteroatoms. The molecule has 1 aromatic carbocycles. The van der Waals surface area contributed by atoms with Crippen LogP contribution in [-0.2, 0) is 6.42 Å². The number of hydrogen-bond acceptors (Lipinski definition) is 1. The molecular formula is C10H12Br2O. The van der Waals surface area contributed by atoms with Gasteiger partial charge in [-0.05, 0) is 31.0 Å². The Morgan fingerprint density at radius 1 is 1.23 bits per heavy atom. The van der Waals surface area contributed by atoms with Gasteiger partial charge in [0.25, 0.3) is 0 Å². The van der Waals surface area contributed by atoms with Crippen molar-refractivity contribution >= 4 is 31.9 Å². The minimum absolute atomic E-state index is 0.345. The lowest BCUT2D eigenvalue weighted by molar-refractivity contribution is 0.340. The number of rotatable bonds is 4. The molecular weight excluding hydrogens is 296 g/mol. The summed E-state index contributed by atoms with van der Waals surface area (Å²) in [6, 6.07) is 8.17. The molecule has 0 N–H and O–H groups in total. The van der Waals surface area contributed by atoms with E-state index in [2.05, 4.69) is 44.0 Å². The molecule has 0 aliphatic carbocycles. The average Bonchev–Trinajstić information content (AvgIpc) is 2.08. The first-order valence-corrected chi connectivity index (χ1v) is 6.05. The van der Waals surface area contributed by atoms with Gasteiger partial charge in [0.1, 0.15) is 5.75 Å². The Hall–Kier alpha value is -0.0200. The van der Waals surface area contributed by atoms with Gasteiger partial charge < -0.3 is 4.74 Å². The van der Waals surface area contributed by atoms with Crippen LogP contribution in [0.5, 0.6) is 5.75 Å². The molecule has 0 radical (unpaired) electrons. The monoisotopic (exact) mass is 306 g/mol. The molecule has 0 saturated carbocycles. The predicted octanol–water partition coefficient (Wildman–Crippen LogP) is 3.74. The molecule has 0 bridgehead atoms. The fourth-order valence-corrected chi connectivity index (χ4v) is 1.81. The van der Waals surface area contributed by atoms with Crippen LogP contribution < -0.4 is 4.74 Å². The van der Waals surface area contributed by atoms with Crippen LogP contribution in [0.4, 0.5) is 0 Å². The van der Waals surface area contributed by atoms with Gasteiger partial charge in [-0.2, -0.15) is 0 Å². The van der Waals surface area contributed by atoms with E-state index in [1.54, 1.807) is 0 Å². The van der Waals surface area contributed by atoms with E-state index in [1.165, 1.54) is 5.56 Å². The lowest BCUT2D eigenvalue weighted by Gasteiger charge is -2.05. The first kappa shape index (κ1) is 11.1. The fraction of sp³-hybridized carbons (Fsp3) is 0.400. The first-order chi connectivity index (χ1) is 6.22. The zero-order valence-electron chi connectivity index (χ0n) is 7.47. The second-order valence-corrected chi connectivity index (χ2v) is 6.11. The highest BCUT2D eigenvalue weighted by molar-refractivity contribution is 9.24. The van der Waals surface area contributed by atoms with Gasteiger partial charge in [-0.3, -0.25) is 0 Å². The van der Waals surface area contributed by atoms with Crippen molar-refractivity contribution in [3.8, 4) is 5.75 Å². The molecule has 0 aliphatic rings. The second kappa shape index (κ2) is 5.66. The highest BCUT2D eigenvalue weighted by Gasteiger charge is 2.00. The van der Waals surface area contributed by atoms with Crippen LogP contribution in [-0.4, -0.2) is 10.3 Å². The maximum absolute atomic E-state index is 5.34. The lowest BCUT2D eigenvalue weighted by atomic mass is 10.2. The Kier molecular flexibility index (Phi) is 4.81. The van der Waals surface area contributed by atoms with E-state index in [0.29, 0.717) is 3.74 Å². The number of hydrogen-bond donors (Lipinski definition) is 0. The van der Waals surface area contributed by atoms with Crippen LogP contribution in [0.25, 0.3) is 0 Å². The number of benzene rings is 1. The third-order valence-corrected chi connectivity index (χ3v) is 2.27. The van der Waals surface area contributed by atoms with Crippen molar-refractivity contribution in [3.63, 3.8) is 0 Å². The average molecular weight is 308 g/mol. The first-order valence-electron chi connectivity index (χ1n) is 4.22. The van der Waals surface area contributed by atoms with E-state index in [4.69, 9.17) is 4.74 Å². The zero-order valence-corrected chi connectivity index (χ0v) is 10.6. The minimum atomic E-state index is 0.345. The SMILES string of the molecule is CCOc1ccc(CC(Br)Br)cc1. The van der Waals surface area contributed by atoms with Crippen molar-refractivity contribution in [3.05, 3.63) is 29.8 Å². The Balaban J connectivity index is 2.59. The molecule has 0 aliphatic heterocycles. The van der Waals surface area contributed by atoms with Crippen LogP contribution in [0.2, 0.25) is 0 Å². The molecule has 0 spiro atoms. The molecule has 72 valence electrons. The molecule has 0 unspecified atom stereocenters. The summed E-state index contributed by atoms with van der Waals surface area (Å²) >= 11 is 6.89. The van der Waals surface area contributed by atoms with Crippen molar-refractivity contribution in [1.29, 1.82) is 0 Å². The van der Waals surface area contributed by atoms with Gasteiger partial charge >= 0.3 is 0 Å².